The molecule has 0 bridgehead atoms. The molecule has 0 spiro atoms. The van der Waals surface area contributed by atoms with E-state index in [1.165, 1.54) is 22.4 Å². The third-order valence-corrected chi connectivity index (χ3v) is 3.80. The molecule has 1 heterocycles. The Labute approximate surface area is 108 Å². The quantitative estimate of drug-likeness (QED) is 0.694. The van der Waals surface area contributed by atoms with E-state index in [4.69, 9.17) is 4.99 Å². The lowest BCUT2D eigenvalue weighted by molar-refractivity contribution is 0.737. The van der Waals surface area contributed by atoms with Gasteiger partial charge in [0.1, 0.15) is 0 Å². The lowest BCUT2D eigenvalue weighted by atomic mass is 9.78. The van der Waals surface area contributed by atoms with Gasteiger partial charge in [-0.25, -0.2) is 0 Å². The minimum atomic E-state index is -0.0112. The Morgan fingerprint density at radius 2 is 1.56 bits per heavy atom. The normalized spacial score (nSPS) is 16.3. The molecular formula is C17H17N. The van der Waals surface area contributed by atoms with Gasteiger partial charge in [0.15, 0.2) is 0 Å². The topological polar surface area (TPSA) is 12.4 Å². The average Bonchev–Trinajstić information content (AvgIpc) is 2.63. The molecule has 0 N–H and O–H groups in total. The minimum Gasteiger partial charge on any atom is -0.252 e. The zero-order valence-corrected chi connectivity index (χ0v) is 11.1. The van der Waals surface area contributed by atoms with Gasteiger partial charge in [0.05, 0.1) is 11.4 Å². The summed E-state index contributed by atoms with van der Waals surface area (Å²) in [5.74, 6) is 0. The summed E-state index contributed by atoms with van der Waals surface area (Å²) < 4.78 is 0. The van der Waals surface area contributed by atoms with Crippen molar-refractivity contribution in [3.8, 4) is 0 Å². The van der Waals surface area contributed by atoms with Crippen LogP contribution in [0, 0.1) is 6.92 Å². The summed E-state index contributed by atoms with van der Waals surface area (Å²) in [6.07, 6.45) is 0. The number of fused-ring (bicyclic) bond motifs is 1. The SMILES string of the molecule is Cc1ccccc1C1=Nc2ccccc2C1(C)C. The number of para-hydroxylation sites is 1. The smallest absolute Gasteiger partial charge is 0.0675 e. The van der Waals surface area contributed by atoms with Crippen LogP contribution in [0.25, 0.3) is 0 Å². The highest BCUT2D eigenvalue weighted by Gasteiger charge is 2.35. The number of nitrogens with zero attached hydrogens (tertiary/aromatic N) is 1. The van der Waals surface area contributed by atoms with Crippen LogP contribution in [0.1, 0.15) is 30.5 Å². The highest BCUT2D eigenvalue weighted by molar-refractivity contribution is 6.13. The molecule has 0 saturated heterocycles. The minimum absolute atomic E-state index is 0.0112. The number of aryl methyl sites for hydroxylation is 1. The summed E-state index contributed by atoms with van der Waals surface area (Å²) >= 11 is 0. The van der Waals surface area contributed by atoms with Crippen molar-refractivity contribution in [1.82, 2.24) is 0 Å². The average molecular weight is 235 g/mol. The Morgan fingerprint density at radius 1 is 0.889 bits per heavy atom. The van der Waals surface area contributed by atoms with Crippen LogP contribution in [0.15, 0.2) is 53.5 Å². The van der Waals surface area contributed by atoms with Crippen LogP contribution in [0.3, 0.4) is 0 Å². The molecule has 2 aromatic rings. The van der Waals surface area contributed by atoms with Crippen LogP contribution < -0.4 is 0 Å². The van der Waals surface area contributed by atoms with Crippen LogP contribution in [-0.4, -0.2) is 5.71 Å². The molecule has 0 saturated carbocycles. The highest BCUT2D eigenvalue weighted by Crippen LogP contribution is 2.42. The fourth-order valence-corrected chi connectivity index (χ4v) is 2.72. The summed E-state index contributed by atoms with van der Waals surface area (Å²) in [6.45, 7) is 6.66. The van der Waals surface area contributed by atoms with Gasteiger partial charge in [0, 0.05) is 5.41 Å². The van der Waals surface area contributed by atoms with Gasteiger partial charge in [0.2, 0.25) is 0 Å². The second-order valence-electron chi connectivity index (χ2n) is 5.42. The van der Waals surface area contributed by atoms with Gasteiger partial charge >= 0.3 is 0 Å². The number of benzene rings is 2. The zero-order chi connectivity index (χ0) is 12.8. The number of hydrogen-bond acceptors (Lipinski definition) is 1. The molecule has 1 nitrogen and oxygen atoms in total. The predicted molar refractivity (Wildman–Crippen MR) is 76.8 cm³/mol. The lowest BCUT2D eigenvalue weighted by Crippen LogP contribution is -2.26. The number of hydrogen-bond donors (Lipinski definition) is 0. The maximum absolute atomic E-state index is 4.85. The van der Waals surface area contributed by atoms with Gasteiger partial charge in [-0.3, -0.25) is 4.99 Å². The summed E-state index contributed by atoms with van der Waals surface area (Å²) in [6, 6.07) is 16.9. The molecule has 1 aliphatic heterocycles. The Kier molecular flexibility index (Phi) is 2.37. The second-order valence-corrected chi connectivity index (χ2v) is 5.42. The van der Waals surface area contributed by atoms with Gasteiger partial charge in [-0.05, 0) is 29.7 Å². The molecule has 0 aromatic heterocycles. The van der Waals surface area contributed by atoms with Crippen LogP contribution in [0.5, 0.6) is 0 Å². The molecule has 2 aromatic carbocycles. The second kappa shape index (κ2) is 3.81. The molecule has 0 amide bonds. The Hall–Kier alpha value is -1.89. The first-order valence-electron chi connectivity index (χ1n) is 6.35. The third-order valence-electron chi connectivity index (χ3n) is 3.80. The molecule has 0 atom stereocenters. The van der Waals surface area contributed by atoms with Crippen LogP contribution in [0.2, 0.25) is 0 Å². The molecule has 0 unspecified atom stereocenters. The lowest BCUT2D eigenvalue weighted by Gasteiger charge is -2.23. The van der Waals surface area contributed by atoms with Crippen molar-refractivity contribution in [2.45, 2.75) is 26.2 Å². The van der Waals surface area contributed by atoms with Gasteiger partial charge in [0.25, 0.3) is 0 Å². The van der Waals surface area contributed by atoms with E-state index in [-0.39, 0.29) is 5.41 Å². The van der Waals surface area contributed by atoms with Crippen LogP contribution in [-0.2, 0) is 5.41 Å². The van der Waals surface area contributed by atoms with Crippen molar-refractivity contribution >= 4 is 11.4 Å². The monoisotopic (exact) mass is 235 g/mol. The standard InChI is InChI=1S/C17H17N/c1-12-8-4-5-9-13(12)16-17(2,3)14-10-6-7-11-15(14)18-16/h4-11H,1-3H3. The number of aliphatic imine (C=N–C) groups is 1. The third kappa shape index (κ3) is 1.51. The molecule has 18 heavy (non-hydrogen) atoms. The maximum Gasteiger partial charge on any atom is 0.0675 e. The van der Waals surface area contributed by atoms with Crippen molar-refractivity contribution in [3.05, 3.63) is 65.2 Å². The van der Waals surface area contributed by atoms with Crippen LogP contribution in [0.4, 0.5) is 5.69 Å². The molecule has 0 radical (unpaired) electrons. The first-order valence-corrected chi connectivity index (χ1v) is 6.35. The fraction of sp³-hybridized carbons (Fsp3) is 0.235. The van der Waals surface area contributed by atoms with E-state index in [0.717, 1.165) is 5.69 Å². The molecule has 0 aliphatic carbocycles. The van der Waals surface area contributed by atoms with E-state index in [0.29, 0.717) is 0 Å². The summed E-state index contributed by atoms with van der Waals surface area (Å²) in [5.41, 5.74) is 6.16. The fourth-order valence-electron chi connectivity index (χ4n) is 2.72. The van der Waals surface area contributed by atoms with Crippen LogP contribution >= 0.6 is 0 Å². The first-order chi connectivity index (χ1) is 8.60. The summed E-state index contributed by atoms with van der Waals surface area (Å²) in [7, 11) is 0. The van der Waals surface area contributed by atoms with Gasteiger partial charge in [-0.2, -0.15) is 0 Å². The molecule has 3 rings (SSSR count). The van der Waals surface area contributed by atoms with E-state index in [2.05, 4.69) is 69.3 Å². The van der Waals surface area contributed by atoms with Gasteiger partial charge in [-0.1, -0.05) is 56.3 Å². The van der Waals surface area contributed by atoms with Crippen molar-refractivity contribution in [3.63, 3.8) is 0 Å². The maximum atomic E-state index is 4.85. The zero-order valence-electron chi connectivity index (χ0n) is 11.1. The van der Waals surface area contributed by atoms with Crippen molar-refractivity contribution in [2.24, 2.45) is 4.99 Å². The Morgan fingerprint density at radius 3 is 2.28 bits per heavy atom. The predicted octanol–water partition coefficient (Wildman–Crippen LogP) is 4.41. The highest BCUT2D eigenvalue weighted by atomic mass is 14.8. The Balaban J connectivity index is 2.20. The van der Waals surface area contributed by atoms with Crippen molar-refractivity contribution < 1.29 is 0 Å². The molecular weight excluding hydrogens is 218 g/mol. The van der Waals surface area contributed by atoms with E-state index in [1.807, 2.05) is 0 Å². The van der Waals surface area contributed by atoms with E-state index < -0.39 is 0 Å². The van der Waals surface area contributed by atoms with Crippen molar-refractivity contribution in [1.29, 1.82) is 0 Å². The van der Waals surface area contributed by atoms with E-state index in [9.17, 15) is 0 Å². The summed E-state index contributed by atoms with van der Waals surface area (Å²) in [5, 5.41) is 0. The van der Waals surface area contributed by atoms with E-state index in [1.54, 1.807) is 0 Å². The first kappa shape index (κ1) is 11.2. The van der Waals surface area contributed by atoms with E-state index >= 15 is 0 Å². The molecule has 1 aliphatic rings. The van der Waals surface area contributed by atoms with Gasteiger partial charge in [-0.15, -0.1) is 0 Å². The largest absolute Gasteiger partial charge is 0.252 e. The molecule has 90 valence electrons. The number of rotatable bonds is 1. The Bertz CT molecular complexity index is 636. The van der Waals surface area contributed by atoms with Crippen molar-refractivity contribution in [2.75, 3.05) is 0 Å². The molecule has 0 fully saturated rings. The molecule has 1 heteroatoms. The van der Waals surface area contributed by atoms with Gasteiger partial charge < -0.3 is 0 Å². The summed E-state index contributed by atoms with van der Waals surface area (Å²) in [4.78, 5) is 4.85.